The number of nitrogens with zero attached hydrogens (tertiary/aromatic N) is 2. The second-order valence-electron chi connectivity index (χ2n) is 10.5. The van der Waals surface area contributed by atoms with E-state index in [9.17, 15) is 9.59 Å². The molecule has 0 bridgehead atoms. The van der Waals surface area contributed by atoms with Crippen molar-refractivity contribution in [1.29, 1.82) is 0 Å². The summed E-state index contributed by atoms with van der Waals surface area (Å²) in [6.07, 6.45) is 0. The molecule has 0 atom stereocenters. The molecule has 0 aliphatic carbocycles. The minimum Gasteiger partial charge on any atom is -0.330 e. The van der Waals surface area contributed by atoms with Crippen LogP contribution < -0.4 is 0 Å². The summed E-state index contributed by atoms with van der Waals surface area (Å²) in [7, 11) is 0. The maximum absolute atomic E-state index is 12.6. The Bertz CT molecular complexity index is 1090. The van der Waals surface area contributed by atoms with Gasteiger partial charge in [0.2, 0.25) is 0 Å². The van der Waals surface area contributed by atoms with Gasteiger partial charge in [-0.15, -0.1) is 0 Å². The Morgan fingerprint density at radius 3 is 1.42 bits per heavy atom. The van der Waals surface area contributed by atoms with Crippen molar-refractivity contribution in [1.82, 2.24) is 9.80 Å². The summed E-state index contributed by atoms with van der Waals surface area (Å²) in [5.41, 5.74) is 6.46. The quantitative estimate of drug-likeness (QED) is 0.495. The number of fused-ring (bicyclic) bond motifs is 2. The fourth-order valence-corrected chi connectivity index (χ4v) is 4.15. The molecule has 0 aromatic heterocycles. The second kappa shape index (κ2) is 9.22. The van der Waals surface area contributed by atoms with Gasteiger partial charge in [0.15, 0.2) is 0 Å². The second-order valence-corrected chi connectivity index (χ2v) is 10.5. The maximum atomic E-state index is 12.6. The van der Waals surface area contributed by atoms with Gasteiger partial charge in [-0.1, -0.05) is 88.4 Å². The fraction of sp³-hybridized carbons (Fsp3) is 0.310. The van der Waals surface area contributed by atoms with Crippen LogP contribution in [0.15, 0.2) is 72.8 Å². The van der Waals surface area contributed by atoms with Crippen molar-refractivity contribution in [3.8, 4) is 0 Å². The van der Waals surface area contributed by atoms with Crippen LogP contribution in [0.3, 0.4) is 0 Å². The van der Waals surface area contributed by atoms with E-state index in [2.05, 4.69) is 33.8 Å². The van der Waals surface area contributed by atoms with E-state index in [1.54, 1.807) is 0 Å². The molecule has 0 unspecified atom stereocenters. The van der Waals surface area contributed by atoms with Gasteiger partial charge in [-0.3, -0.25) is 9.59 Å². The third kappa shape index (κ3) is 5.51. The lowest BCUT2D eigenvalue weighted by Crippen LogP contribution is -2.24. The predicted octanol–water partition coefficient (Wildman–Crippen LogP) is 6.05. The molecule has 0 N–H and O–H groups in total. The molecule has 33 heavy (non-hydrogen) atoms. The van der Waals surface area contributed by atoms with Crippen LogP contribution >= 0.6 is 0 Å². The zero-order valence-electron chi connectivity index (χ0n) is 20.0. The van der Waals surface area contributed by atoms with Crippen molar-refractivity contribution in [2.24, 2.45) is 5.41 Å². The van der Waals surface area contributed by atoms with Crippen LogP contribution in [0.4, 0.5) is 0 Å². The number of benzene rings is 3. The van der Waals surface area contributed by atoms with Gasteiger partial charge in [0.05, 0.1) is 0 Å². The molecular weight excluding hydrogens is 408 g/mol. The van der Waals surface area contributed by atoms with E-state index in [0.717, 1.165) is 33.4 Å². The first-order valence-corrected chi connectivity index (χ1v) is 11.5. The average Bonchev–Trinajstić information content (AvgIpc) is 3.24. The summed E-state index contributed by atoms with van der Waals surface area (Å²) < 4.78 is 0. The van der Waals surface area contributed by atoms with Crippen LogP contribution in [0.5, 0.6) is 0 Å². The van der Waals surface area contributed by atoms with E-state index >= 15 is 0 Å². The highest BCUT2D eigenvalue weighted by Gasteiger charge is 2.28. The molecule has 2 amide bonds. The first-order valence-electron chi connectivity index (χ1n) is 11.5. The number of carbonyl (C=O) groups is 2. The highest BCUT2D eigenvalue weighted by molar-refractivity contribution is 5.98. The first kappa shape index (κ1) is 22.8. The molecule has 4 heteroatoms. The van der Waals surface area contributed by atoms with Crippen LogP contribution in [0.2, 0.25) is 0 Å². The van der Waals surface area contributed by atoms with Crippen LogP contribution in [0, 0.1) is 5.41 Å². The van der Waals surface area contributed by atoms with Crippen LogP contribution in [-0.2, 0) is 26.2 Å². The Labute approximate surface area is 196 Å². The number of hydrogen-bond donors (Lipinski definition) is 0. The highest BCUT2D eigenvalue weighted by atomic mass is 16.2. The number of carbonyl (C=O) groups excluding carboxylic acids is 2. The fourth-order valence-electron chi connectivity index (χ4n) is 4.15. The molecule has 5 rings (SSSR count). The molecule has 170 valence electrons. The van der Waals surface area contributed by atoms with Gasteiger partial charge >= 0.3 is 0 Å². The van der Waals surface area contributed by atoms with Crippen LogP contribution in [0.25, 0.3) is 0 Å². The minimum absolute atomic E-state index is 0.0890. The minimum atomic E-state index is 0.0890. The maximum Gasteiger partial charge on any atom is 0.254 e. The Morgan fingerprint density at radius 2 is 1.03 bits per heavy atom. The molecule has 0 saturated carbocycles. The van der Waals surface area contributed by atoms with Crippen molar-refractivity contribution in [2.45, 2.75) is 53.9 Å². The van der Waals surface area contributed by atoms with E-state index in [0.29, 0.717) is 31.6 Å². The Balaban J connectivity index is 0.000000471. The molecule has 0 fully saturated rings. The zero-order valence-corrected chi connectivity index (χ0v) is 20.0. The molecule has 2 aliphatic rings. The summed E-state index contributed by atoms with van der Waals surface area (Å²) in [5.74, 6) is 0.178. The van der Waals surface area contributed by atoms with Crippen LogP contribution in [0.1, 0.15) is 70.7 Å². The third-order valence-corrected chi connectivity index (χ3v) is 5.53. The van der Waals surface area contributed by atoms with E-state index < -0.39 is 0 Å². The molecule has 0 radical (unpaired) electrons. The molecule has 0 saturated heterocycles. The Hall–Kier alpha value is -3.40. The average molecular weight is 441 g/mol. The van der Waals surface area contributed by atoms with Gasteiger partial charge in [0.25, 0.3) is 11.8 Å². The van der Waals surface area contributed by atoms with E-state index in [4.69, 9.17) is 0 Å². The molecule has 3 aromatic rings. The standard InChI is InChI=1S/C24H20N2O2.C5H12/c27-23-21-10-3-1-8-19(21)15-25(23)13-17-6-5-7-18(12-17)14-26-16-20-9-2-4-11-22(20)24(26)28;1-5(2,3)4/h1-12H,13-16H2;1-4H3. The summed E-state index contributed by atoms with van der Waals surface area (Å²) in [6.45, 7) is 11.2. The zero-order chi connectivity index (χ0) is 23.6. The Kier molecular flexibility index (Phi) is 6.37. The van der Waals surface area contributed by atoms with Gasteiger partial charge in [-0.25, -0.2) is 0 Å². The largest absolute Gasteiger partial charge is 0.330 e. The van der Waals surface area contributed by atoms with E-state index in [1.165, 1.54) is 0 Å². The van der Waals surface area contributed by atoms with E-state index in [-0.39, 0.29) is 11.8 Å². The van der Waals surface area contributed by atoms with E-state index in [1.807, 2.05) is 76.5 Å². The van der Waals surface area contributed by atoms with Crippen molar-refractivity contribution in [3.63, 3.8) is 0 Å². The topological polar surface area (TPSA) is 40.6 Å². The molecule has 0 spiro atoms. The van der Waals surface area contributed by atoms with Crippen molar-refractivity contribution in [3.05, 3.63) is 106 Å². The van der Waals surface area contributed by atoms with Crippen molar-refractivity contribution < 1.29 is 9.59 Å². The third-order valence-electron chi connectivity index (χ3n) is 5.53. The monoisotopic (exact) mass is 440 g/mol. The Morgan fingerprint density at radius 1 is 0.636 bits per heavy atom. The summed E-state index contributed by atoms with van der Waals surface area (Å²) in [5, 5.41) is 0. The number of amides is 2. The number of rotatable bonds is 4. The number of hydrogen-bond acceptors (Lipinski definition) is 2. The smallest absolute Gasteiger partial charge is 0.254 e. The normalized spacial score (nSPS) is 14.7. The summed E-state index contributed by atoms with van der Waals surface area (Å²) in [4.78, 5) is 29.0. The molecule has 3 aromatic carbocycles. The summed E-state index contributed by atoms with van der Waals surface area (Å²) in [6, 6.07) is 23.8. The SMILES string of the molecule is CC(C)(C)C.O=C1c2ccccc2CN1Cc1cccc(CN2Cc3ccccc3C2=O)c1. The molecular formula is C29H32N2O2. The predicted molar refractivity (Wildman–Crippen MR) is 132 cm³/mol. The lowest BCUT2D eigenvalue weighted by Gasteiger charge is -2.18. The first-order chi connectivity index (χ1) is 15.7. The molecule has 2 heterocycles. The van der Waals surface area contributed by atoms with Gasteiger partial charge in [0, 0.05) is 37.3 Å². The summed E-state index contributed by atoms with van der Waals surface area (Å²) >= 11 is 0. The molecule has 4 nitrogen and oxygen atoms in total. The van der Waals surface area contributed by atoms with Gasteiger partial charge < -0.3 is 9.80 Å². The van der Waals surface area contributed by atoms with Crippen LogP contribution in [-0.4, -0.2) is 21.6 Å². The lowest BCUT2D eigenvalue weighted by atomic mass is 10.0. The lowest BCUT2D eigenvalue weighted by molar-refractivity contribution is 0.0762. The van der Waals surface area contributed by atoms with Crippen molar-refractivity contribution in [2.75, 3.05) is 0 Å². The van der Waals surface area contributed by atoms with Gasteiger partial charge in [0.1, 0.15) is 0 Å². The molecule has 2 aliphatic heterocycles. The van der Waals surface area contributed by atoms with Crippen molar-refractivity contribution >= 4 is 11.8 Å². The van der Waals surface area contributed by atoms with Gasteiger partial charge in [-0.05, 0) is 39.8 Å². The highest BCUT2D eigenvalue weighted by Crippen LogP contribution is 2.26. The van der Waals surface area contributed by atoms with Gasteiger partial charge in [-0.2, -0.15) is 0 Å².